The van der Waals surface area contributed by atoms with Gasteiger partial charge >= 0.3 is 5.97 Å². The molecule has 0 unspecified atom stereocenters. The molecule has 8 N–H and O–H groups in total. The van der Waals surface area contributed by atoms with Crippen LogP contribution < -0.4 is 22.5 Å². The van der Waals surface area contributed by atoms with Crippen LogP contribution in [0.15, 0.2) is 0 Å². The molecule has 252 valence electrons. The van der Waals surface area contributed by atoms with Gasteiger partial charge in [0.1, 0.15) is 6.04 Å². The number of nitrogens with two attached hydrogens (primary N) is 3. The van der Waals surface area contributed by atoms with Gasteiger partial charge in [-0.05, 0) is 64.5 Å². The standard InChI is InChI=1S/C33H65N5O5/c1-2-3-4-5-6-7-8-9-10-11-12-13-14-23-30(39)38(29(33(42)43)22-16-19-26-35)31(40)24-17-20-27-37-32(41)28(36)21-15-18-25-34/h28-29H,2-27,34-36H2,1H3,(H,37,41)(H,42,43)/t28-,29-/m0/s1. The maximum Gasteiger partial charge on any atom is 0.326 e. The number of hydrogen-bond acceptors (Lipinski definition) is 7. The molecule has 43 heavy (non-hydrogen) atoms. The molecule has 0 aliphatic rings. The Morgan fingerprint density at radius 3 is 1.53 bits per heavy atom. The lowest BCUT2D eigenvalue weighted by Crippen LogP contribution is -2.48. The Labute approximate surface area is 261 Å². The molecule has 10 heteroatoms. The first-order valence-corrected chi connectivity index (χ1v) is 17.3. The molecule has 10 nitrogen and oxygen atoms in total. The zero-order chi connectivity index (χ0) is 32.1. The third-order valence-corrected chi connectivity index (χ3v) is 7.98. The minimum atomic E-state index is -1.18. The van der Waals surface area contributed by atoms with E-state index < -0.39 is 29.9 Å². The Morgan fingerprint density at radius 1 is 0.628 bits per heavy atom. The molecule has 0 saturated carbocycles. The highest BCUT2D eigenvalue weighted by Gasteiger charge is 2.33. The van der Waals surface area contributed by atoms with Crippen LogP contribution in [-0.4, -0.2) is 65.4 Å². The van der Waals surface area contributed by atoms with Gasteiger partial charge in [0, 0.05) is 19.4 Å². The highest BCUT2D eigenvalue weighted by Crippen LogP contribution is 2.17. The molecule has 0 aliphatic heterocycles. The van der Waals surface area contributed by atoms with E-state index in [9.17, 15) is 24.3 Å². The molecule has 0 radical (unpaired) electrons. The molecule has 0 bridgehead atoms. The van der Waals surface area contributed by atoms with E-state index in [1.54, 1.807) is 0 Å². The van der Waals surface area contributed by atoms with Crippen LogP contribution >= 0.6 is 0 Å². The number of unbranched alkanes of at least 4 members (excludes halogenated alkanes) is 15. The summed E-state index contributed by atoms with van der Waals surface area (Å²) in [4.78, 5) is 51.5. The largest absolute Gasteiger partial charge is 0.480 e. The van der Waals surface area contributed by atoms with Crippen molar-refractivity contribution in [3.8, 4) is 0 Å². The van der Waals surface area contributed by atoms with E-state index in [0.29, 0.717) is 58.2 Å². The maximum absolute atomic E-state index is 13.2. The summed E-state index contributed by atoms with van der Waals surface area (Å²) in [7, 11) is 0. The van der Waals surface area contributed by atoms with Crippen molar-refractivity contribution in [3.63, 3.8) is 0 Å². The monoisotopic (exact) mass is 611 g/mol. The number of imide groups is 1. The quantitative estimate of drug-likeness (QED) is 0.0691. The van der Waals surface area contributed by atoms with Crippen molar-refractivity contribution in [3.05, 3.63) is 0 Å². The first-order valence-electron chi connectivity index (χ1n) is 17.3. The number of amides is 3. The fourth-order valence-corrected chi connectivity index (χ4v) is 5.25. The van der Waals surface area contributed by atoms with Crippen molar-refractivity contribution in [1.29, 1.82) is 0 Å². The van der Waals surface area contributed by atoms with Gasteiger partial charge in [0.2, 0.25) is 17.7 Å². The Balaban J connectivity index is 4.60. The van der Waals surface area contributed by atoms with E-state index in [1.807, 2.05) is 0 Å². The molecule has 0 spiro atoms. The van der Waals surface area contributed by atoms with Crippen molar-refractivity contribution in [2.45, 2.75) is 167 Å². The number of carboxylic acid groups (broad SMARTS) is 1. The molecule has 0 fully saturated rings. The molecule has 0 aliphatic carbocycles. The van der Waals surface area contributed by atoms with E-state index in [4.69, 9.17) is 17.2 Å². The van der Waals surface area contributed by atoms with Gasteiger partial charge in [0.25, 0.3) is 0 Å². The topological polar surface area (TPSA) is 182 Å². The fraction of sp³-hybridized carbons (Fsp3) is 0.879. The second-order valence-electron chi connectivity index (χ2n) is 11.9. The van der Waals surface area contributed by atoms with Gasteiger partial charge in [-0.2, -0.15) is 0 Å². The molecule has 3 amide bonds. The molecule has 0 heterocycles. The first-order chi connectivity index (χ1) is 20.8. The third kappa shape index (κ3) is 22.2. The summed E-state index contributed by atoms with van der Waals surface area (Å²) in [5.41, 5.74) is 16.9. The van der Waals surface area contributed by atoms with Gasteiger partial charge in [0.05, 0.1) is 6.04 Å². The Hall–Kier alpha value is -2.04. The number of carboxylic acids is 1. The highest BCUT2D eigenvalue weighted by atomic mass is 16.4. The van der Waals surface area contributed by atoms with E-state index in [-0.39, 0.29) is 25.2 Å². The molecular weight excluding hydrogens is 546 g/mol. The predicted octanol–water partition coefficient (Wildman–Crippen LogP) is 5.15. The summed E-state index contributed by atoms with van der Waals surface area (Å²) in [5, 5.41) is 12.7. The van der Waals surface area contributed by atoms with Gasteiger partial charge in [-0.1, -0.05) is 90.4 Å². The Kier molecular flexibility index (Phi) is 27.4. The molecule has 0 aromatic rings. The Morgan fingerprint density at radius 2 is 1.07 bits per heavy atom. The van der Waals surface area contributed by atoms with Crippen molar-refractivity contribution < 1.29 is 24.3 Å². The molecule has 2 atom stereocenters. The SMILES string of the molecule is CCCCCCCCCCCCCCCC(=O)N(C(=O)CCCCNC(=O)[C@@H](N)CCCCN)[C@@H](CCCCN)C(=O)O. The van der Waals surface area contributed by atoms with Crippen LogP contribution in [0, 0.1) is 0 Å². The van der Waals surface area contributed by atoms with Gasteiger partial charge in [0.15, 0.2) is 0 Å². The van der Waals surface area contributed by atoms with Crippen LogP contribution in [0.4, 0.5) is 0 Å². The molecule has 0 aromatic carbocycles. The van der Waals surface area contributed by atoms with Crippen LogP contribution in [0.3, 0.4) is 0 Å². The van der Waals surface area contributed by atoms with Crippen LogP contribution in [0.25, 0.3) is 0 Å². The summed E-state index contributed by atoms with van der Waals surface area (Å²) in [6.45, 7) is 3.59. The minimum Gasteiger partial charge on any atom is -0.480 e. The van der Waals surface area contributed by atoms with E-state index in [2.05, 4.69) is 12.2 Å². The normalized spacial score (nSPS) is 12.6. The summed E-state index contributed by atoms with van der Waals surface area (Å²) < 4.78 is 0. The number of carbonyl (C=O) groups is 4. The van der Waals surface area contributed by atoms with E-state index in [1.165, 1.54) is 57.8 Å². The van der Waals surface area contributed by atoms with Gasteiger partial charge in [-0.3, -0.25) is 19.3 Å². The zero-order valence-corrected chi connectivity index (χ0v) is 27.3. The van der Waals surface area contributed by atoms with Crippen LogP contribution in [0.1, 0.15) is 155 Å². The second kappa shape index (κ2) is 28.7. The number of rotatable bonds is 30. The smallest absolute Gasteiger partial charge is 0.326 e. The summed E-state index contributed by atoms with van der Waals surface area (Å²) >= 11 is 0. The van der Waals surface area contributed by atoms with Gasteiger partial charge in [-0.15, -0.1) is 0 Å². The molecule has 0 rings (SSSR count). The average Bonchev–Trinajstić information content (AvgIpc) is 2.98. The van der Waals surface area contributed by atoms with Crippen molar-refractivity contribution in [2.75, 3.05) is 19.6 Å². The zero-order valence-electron chi connectivity index (χ0n) is 27.3. The third-order valence-electron chi connectivity index (χ3n) is 7.98. The summed E-state index contributed by atoms with van der Waals surface area (Å²) in [6.07, 6.45) is 20.1. The number of nitrogens with one attached hydrogen (secondary N) is 1. The second-order valence-corrected chi connectivity index (χ2v) is 11.9. The lowest BCUT2D eigenvalue weighted by molar-refractivity contribution is -0.158. The maximum atomic E-state index is 13.2. The number of carbonyl (C=O) groups excluding carboxylic acids is 3. The number of aliphatic carboxylic acids is 1. The lowest BCUT2D eigenvalue weighted by Gasteiger charge is -2.27. The fourth-order valence-electron chi connectivity index (χ4n) is 5.25. The lowest BCUT2D eigenvalue weighted by atomic mass is 10.0. The van der Waals surface area contributed by atoms with Crippen LogP contribution in [0.5, 0.6) is 0 Å². The molecular formula is C33H65N5O5. The van der Waals surface area contributed by atoms with Gasteiger partial charge < -0.3 is 27.6 Å². The van der Waals surface area contributed by atoms with Crippen molar-refractivity contribution in [2.24, 2.45) is 17.2 Å². The summed E-state index contributed by atoms with van der Waals surface area (Å²) in [6, 6.07) is -1.77. The van der Waals surface area contributed by atoms with Crippen molar-refractivity contribution in [1.82, 2.24) is 10.2 Å². The summed E-state index contributed by atoms with van der Waals surface area (Å²) in [5.74, 6) is -2.28. The molecule has 0 saturated heterocycles. The van der Waals surface area contributed by atoms with Crippen molar-refractivity contribution >= 4 is 23.7 Å². The number of hydrogen-bond donors (Lipinski definition) is 5. The van der Waals surface area contributed by atoms with E-state index in [0.717, 1.165) is 37.0 Å². The minimum absolute atomic E-state index is 0.0451. The van der Waals surface area contributed by atoms with Crippen LogP contribution in [0.2, 0.25) is 0 Å². The average molecular weight is 612 g/mol. The first kappa shape index (κ1) is 41.0. The predicted molar refractivity (Wildman–Crippen MR) is 174 cm³/mol. The van der Waals surface area contributed by atoms with Crippen LogP contribution in [-0.2, 0) is 19.2 Å². The molecule has 0 aromatic heterocycles. The van der Waals surface area contributed by atoms with Gasteiger partial charge in [-0.25, -0.2) is 4.79 Å². The van der Waals surface area contributed by atoms with E-state index >= 15 is 0 Å². The Bertz CT molecular complexity index is 736. The number of nitrogens with zero attached hydrogens (tertiary/aromatic N) is 1. The highest BCUT2D eigenvalue weighted by molar-refractivity contribution is 5.99.